The summed E-state index contributed by atoms with van der Waals surface area (Å²) in [6, 6.07) is 58.9. The lowest BCUT2D eigenvalue weighted by molar-refractivity contribution is 0.0940. The third-order valence-corrected chi connectivity index (χ3v) is 16.0. The van der Waals surface area contributed by atoms with E-state index in [0.717, 1.165) is 49.8 Å². The fourth-order valence-corrected chi connectivity index (χ4v) is 11.5. The van der Waals surface area contributed by atoms with Crippen molar-refractivity contribution in [2.45, 2.75) is 32.5 Å². The van der Waals surface area contributed by atoms with Gasteiger partial charge in [0.05, 0.1) is 78.5 Å². The molecule has 0 saturated carbocycles. The first-order valence-electron chi connectivity index (χ1n) is 28.7. The van der Waals surface area contributed by atoms with Gasteiger partial charge < -0.3 is 21.7 Å². The zero-order chi connectivity index (χ0) is 63.7. The number of para-hydroxylation sites is 4. The number of benzene rings is 7. The molecule has 0 bridgehead atoms. The van der Waals surface area contributed by atoms with Crippen molar-refractivity contribution >= 4 is 101 Å². The maximum absolute atomic E-state index is 13.6. The lowest BCUT2D eigenvalue weighted by atomic mass is 10.1. The predicted molar refractivity (Wildman–Crippen MR) is 366 cm³/mol. The molecular weight excluding hydrogens is 1200 g/mol. The monoisotopic (exact) mass is 1260 g/mol. The molecule has 13 aromatic rings. The SMILES string of the molecule is C=C(NCc1cc2cccc(Cl)c2c(=O)n1-c1ccccc1)c1nccnc1N.C=C(N[C@@H](C)c1cc2cccc(Cl)c2c(=O)n1-c1ccccc1)c1cnccn1.C[C@H](NC(=O)c1ccnc2ccccc12)c1cc2cccc(Cl)c2c(=O)n1-c1ccccc1. The van der Waals surface area contributed by atoms with E-state index in [4.69, 9.17) is 40.5 Å². The van der Waals surface area contributed by atoms with Crippen LogP contribution in [0.25, 0.3) is 71.7 Å². The van der Waals surface area contributed by atoms with Crippen LogP contribution in [-0.4, -0.2) is 44.5 Å². The Bertz CT molecular complexity index is 5070. The van der Waals surface area contributed by atoms with Crippen LogP contribution in [0, 0.1) is 0 Å². The smallest absolute Gasteiger partial charge is 0.264 e. The summed E-state index contributed by atoms with van der Waals surface area (Å²) in [5.74, 6) is 0.0510. The second-order valence-electron chi connectivity index (χ2n) is 20.9. The number of carbonyl (C=O) groups excluding carboxylic acids is 1. The molecule has 0 radical (unpaired) electrons. The topological polar surface area (TPSA) is 210 Å². The Morgan fingerprint density at radius 3 is 1.51 bits per heavy atom. The molecule has 0 aliphatic rings. The summed E-state index contributed by atoms with van der Waals surface area (Å²) in [4.78, 5) is 74.5. The fraction of sp³-hybridized carbons (Fsp3) is 0.0694. The Morgan fingerprint density at radius 2 is 0.978 bits per heavy atom. The summed E-state index contributed by atoms with van der Waals surface area (Å²) < 4.78 is 4.95. The minimum atomic E-state index is -0.458. The average Bonchev–Trinajstić information content (AvgIpc) is 0.919. The summed E-state index contributed by atoms with van der Waals surface area (Å²) >= 11 is 19.1. The van der Waals surface area contributed by atoms with Crippen LogP contribution in [0.5, 0.6) is 0 Å². The Balaban J connectivity index is 0.000000141. The second kappa shape index (κ2) is 27.6. The first-order valence-corrected chi connectivity index (χ1v) is 29.8. The van der Waals surface area contributed by atoms with E-state index < -0.39 is 6.04 Å². The van der Waals surface area contributed by atoms with Crippen LogP contribution in [0.4, 0.5) is 5.82 Å². The summed E-state index contributed by atoms with van der Waals surface area (Å²) in [7, 11) is 0. The number of pyridine rings is 4. The number of carbonyl (C=O) groups is 1. The number of amides is 1. The van der Waals surface area contributed by atoms with Gasteiger partial charge in [-0.1, -0.05) is 157 Å². The van der Waals surface area contributed by atoms with Crippen molar-refractivity contribution in [3.05, 3.63) is 325 Å². The minimum Gasteiger partial charge on any atom is -0.382 e. The van der Waals surface area contributed by atoms with Crippen molar-refractivity contribution in [1.82, 2.24) is 54.6 Å². The molecule has 2 atom stereocenters. The lowest BCUT2D eigenvalue weighted by Gasteiger charge is -2.22. The fourth-order valence-electron chi connectivity index (χ4n) is 10.7. The van der Waals surface area contributed by atoms with E-state index in [-0.39, 0.29) is 34.4 Å². The van der Waals surface area contributed by atoms with Crippen LogP contribution < -0.4 is 38.4 Å². The van der Waals surface area contributed by atoms with Gasteiger partial charge in [0.1, 0.15) is 11.4 Å². The van der Waals surface area contributed by atoms with Crippen LogP contribution in [-0.2, 0) is 6.54 Å². The standard InChI is InChI=1S/C27H20ClN3O2.C23H19ClN4O.C22H18ClN5O/c1-17(30-26(32)21-14-15-29-23-13-6-5-11-20(21)23)24-16-18-8-7-12-22(28)25(18)27(33)31(24)19-9-3-2-4-10-19;1-15(20-14-25-11-12-26-20)27-16(2)21-13-17-7-6-10-19(24)22(17)23(29)28(21)18-8-4-3-5-9-18;1-14(20-21(24)26-11-10-25-20)27-13-17-12-15-6-5-9-18(23)19(15)22(29)28(17)16-7-3-2-4-8-16/h2-17H,1H3,(H,30,32);3-14,16,27H,1H2,2H3;2-12,27H,1,13H2,(H2,24,26)/t17-;16-;/m00./s1. The highest BCUT2D eigenvalue weighted by molar-refractivity contribution is 6.36. The third kappa shape index (κ3) is 13.2. The quantitative estimate of drug-likeness (QED) is 0.0801. The molecule has 5 N–H and O–H groups in total. The Kier molecular flexibility index (Phi) is 18.7. The highest BCUT2D eigenvalue weighted by Crippen LogP contribution is 2.30. The van der Waals surface area contributed by atoms with Gasteiger partial charge in [-0.3, -0.25) is 47.8 Å². The Morgan fingerprint density at radius 1 is 0.505 bits per heavy atom. The zero-order valence-corrected chi connectivity index (χ0v) is 51.4. The lowest BCUT2D eigenvalue weighted by Crippen LogP contribution is -2.32. The summed E-state index contributed by atoms with van der Waals surface area (Å²) in [6.07, 6.45) is 9.57. The molecule has 0 spiro atoms. The van der Waals surface area contributed by atoms with Crippen molar-refractivity contribution in [2.75, 3.05) is 5.73 Å². The van der Waals surface area contributed by atoms with Gasteiger partial charge in [-0.15, -0.1) is 0 Å². The van der Waals surface area contributed by atoms with Crippen molar-refractivity contribution in [3.8, 4) is 17.1 Å². The zero-order valence-electron chi connectivity index (χ0n) is 49.1. The number of nitrogens with zero attached hydrogens (tertiary/aromatic N) is 8. The number of hydrogen-bond donors (Lipinski definition) is 4. The van der Waals surface area contributed by atoms with E-state index in [1.807, 2.05) is 184 Å². The number of rotatable bonds is 14. The second-order valence-corrected chi connectivity index (χ2v) is 22.2. The highest BCUT2D eigenvalue weighted by Gasteiger charge is 2.23. The van der Waals surface area contributed by atoms with Crippen LogP contribution in [0.3, 0.4) is 0 Å². The van der Waals surface area contributed by atoms with E-state index >= 15 is 0 Å². The largest absolute Gasteiger partial charge is 0.382 e. The van der Waals surface area contributed by atoms with Gasteiger partial charge in [0.15, 0.2) is 5.82 Å². The summed E-state index contributed by atoms with van der Waals surface area (Å²) in [5, 5.41) is 15.4. The van der Waals surface area contributed by atoms with Gasteiger partial charge in [-0.2, -0.15) is 0 Å². The average molecular weight is 1260 g/mol. The molecule has 450 valence electrons. The van der Waals surface area contributed by atoms with Gasteiger partial charge in [-0.25, -0.2) is 9.97 Å². The predicted octanol–water partition coefficient (Wildman–Crippen LogP) is 14.2. The third-order valence-electron chi connectivity index (χ3n) is 15.1. The van der Waals surface area contributed by atoms with Crippen molar-refractivity contribution < 1.29 is 4.79 Å². The van der Waals surface area contributed by atoms with Gasteiger partial charge >= 0.3 is 0 Å². The molecule has 6 heterocycles. The number of nitrogens with one attached hydrogen (secondary N) is 3. The molecule has 0 saturated heterocycles. The number of hydrogen-bond acceptors (Lipinski definition) is 12. The molecule has 0 aliphatic heterocycles. The van der Waals surface area contributed by atoms with E-state index in [0.29, 0.717) is 77.5 Å². The molecule has 19 heteroatoms. The van der Waals surface area contributed by atoms with Crippen LogP contribution >= 0.6 is 34.8 Å². The molecule has 0 fully saturated rings. The maximum atomic E-state index is 13.6. The maximum Gasteiger partial charge on any atom is 0.264 e. The van der Waals surface area contributed by atoms with Crippen LogP contribution in [0.15, 0.2) is 259 Å². The van der Waals surface area contributed by atoms with Crippen molar-refractivity contribution in [3.63, 3.8) is 0 Å². The molecule has 7 aromatic carbocycles. The number of nitrogen functional groups attached to an aromatic ring is 1. The summed E-state index contributed by atoms with van der Waals surface area (Å²) in [5.41, 5.74) is 13.3. The van der Waals surface area contributed by atoms with Crippen LogP contribution in [0.1, 0.15) is 64.8 Å². The number of nitrogens with two attached hydrogens (primary N) is 1. The van der Waals surface area contributed by atoms with Gasteiger partial charge in [0, 0.05) is 70.5 Å². The first-order chi connectivity index (χ1) is 44.2. The van der Waals surface area contributed by atoms with Gasteiger partial charge in [-0.05, 0) is 115 Å². The van der Waals surface area contributed by atoms with Crippen molar-refractivity contribution in [1.29, 1.82) is 0 Å². The minimum absolute atomic E-state index is 0.159. The molecule has 6 aromatic heterocycles. The first kappa shape index (κ1) is 61.6. The molecule has 91 heavy (non-hydrogen) atoms. The Labute approximate surface area is 537 Å². The normalized spacial score (nSPS) is 11.6. The number of anilines is 1. The van der Waals surface area contributed by atoms with E-state index in [9.17, 15) is 19.2 Å². The van der Waals surface area contributed by atoms with E-state index in [1.165, 1.54) is 6.20 Å². The van der Waals surface area contributed by atoms with Gasteiger partial charge in [0.25, 0.3) is 22.6 Å². The molecule has 13 rings (SSSR count). The van der Waals surface area contributed by atoms with E-state index in [1.54, 1.807) is 69.0 Å². The van der Waals surface area contributed by atoms with E-state index in [2.05, 4.69) is 54.0 Å². The molecule has 0 aliphatic carbocycles. The molecule has 16 nitrogen and oxygen atoms in total. The number of fused-ring (bicyclic) bond motifs is 4. The number of aromatic nitrogens is 8. The highest BCUT2D eigenvalue weighted by atomic mass is 35.5. The Hall–Kier alpha value is -11.0. The molecular formula is C72H57Cl3N12O4. The molecule has 0 unspecified atom stereocenters. The van der Waals surface area contributed by atoms with Crippen LogP contribution in [0.2, 0.25) is 15.1 Å². The number of halogens is 3. The summed E-state index contributed by atoms with van der Waals surface area (Å²) in [6.45, 7) is 12.2. The van der Waals surface area contributed by atoms with Crippen molar-refractivity contribution in [2.24, 2.45) is 0 Å². The van der Waals surface area contributed by atoms with Gasteiger partial charge in [0.2, 0.25) is 0 Å². The molecule has 1 amide bonds.